The van der Waals surface area contributed by atoms with Gasteiger partial charge in [0.2, 0.25) is 5.91 Å². The van der Waals surface area contributed by atoms with Crippen LogP contribution in [0.15, 0.2) is 53.3 Å². The van der Waals surface area contributed by atoms with Gasteiger partial charge in [-0.2, -0.15) is 0 Å². The SMILES string of the molecule is O=C(C=CC1Cc2cc(Br)cc(Cl)c2O1)NCc1cccnc1. The van der Waals surface area contributed by atoms with Gasteiger partial charge in [0.15, 0.2) is 0 Å². The molecule has 0 radical (unpaired) electrons. The number of hydrogen-bond donors (Lipinski definition) is 1. The predicted molar refractivity (Wildman–Crippen MR) is 92.5 cm³/mol. The van der Waals surface area contributed by atoms with Crippen LogP contribution in [-0.4, -0.2) is 17.0 Å². The maximum Gasteiger partial charge on any atom is 0.244 e. The molecule has 1 atom stereocenters. The molecule has 3 rings (SSSR count). The van der Waals surface area contributed by atoms with E-state index in [2.05, 4.69) is 26.2 Å². The van der Waals surface area contributed by atoms with Gasteiger partial charge in [-0.05, 0) is 29.8 Å². The zero-order chi connectivity index (χ0) is 16.2. The highest BCUT2D eigenvalue weighted by atomic mass is 79.9. The molecule has 1 aromatic heterocycles. The molecule has 23 heavy (non-hydrogen) atoms. The summed E-state index contributed by atoms with van der Waals surface area (Å²) in [5, 5.41) is 3.38. The Morgan fingerprint density at radius 3 is 3.17 bits per heavy atom. The number of hydrogen-bond acceptors (Lipinski definition) is 3. The maximum atomic E-state index is 11.9. The Balaban J connectivity index is 1.55. The lowest BCUT2D eigenvalue weighted by Gasteiger charge is -2.06. The normalized spacial score (nSPS) is 16.2. The molecule has 1 aliphatic rings. The first kappa shape index (κ1) is 16.0. The summed E-state index contributed by atoms with van der Waals surface area (Å²) < 4.78 is 6.70. The minimum atomic E-state index is -0.180. The quantitative estimate of drug-likeness (QED) is 0.806. The summed E-state index contributed by atoms with van der Waals surface area (Å²) in [5.74, 6) is 0.529. The molecule has 1 aliphatic heterocycles. The molecule has 2 aromatic rings. The average molecular weight is 394 g/mol. The lowest BCUT2D eigenvalue weighted by atomic mass is 10.1. The Morgan fingerprint density at radius 2 is 2.39 bits per heavy atom. The topological polar surface area (TPSA) is 51.2 Å². The van der Waals surface area contributed by atoms with Crippen LogP contribution < -0.4 is 10.1 Å². The number of nitrogens with one attached hydrogen (secondary N) is 1. The van der Waals surface area contributed by atoms with Crippen LogP contribution in [0.4, 0.5) is 0 Å². The van der Waals surface area contributed by atoms with E-state index in [1.54, 1.807) is 24.5 Å². The molecule has 118 valence electrons. The third-order valence-electron chi connectivity index (χ3n) is 3.43. The van der Waals surface area contributed by atoms with Gasteiger partial charge in [0.1, 0.15) is 11.9 Å². The summed E-state index contributed by atoms with van der Waals surface area (Å²) in [6.45, 7) is 0.446. The van der Waals surface area contributed by atoms with Gasteiger partial charge in [0, 0.05) is 41.5 Å². The number of amides is 1. The van der Waals surface area contributed by atoms with Crippen molar-refractivity contribution in [2.45, 2.75) is 19.1 Å². The van der Waals surface area contributed by atoms with Crippen molar-refractivity contribution in [1.29, 1.82) is 0 Å². The second kappa shape index (κ2) is 7.15. The highest BCUT2D eigenvalue weighted by Crippen LogP contribution is 2.38. The highest BCUT2D eigenvalue weighted by molar-refractivity contribution is 9.10. The molecule has 1 aromatic carbocycles. The fraction of sp³-hybridized carbons (Fsp3) is 0.176. The second-order valence-corrected chi connectivity index (χ2v) is 6.50. The summed E-state index contributed by atoms with van der Waals surface area (Å²) >= 11 is 9.57. The van der Waals surface area contributed by atoms with E-state index >= 15 is 0 Å². The van der Waals surface area contributed by atoms with Crippen molar-refractivity contribution < 1.29 is 9.53 Å². The second-order valence-electron chi connectivity index (χ2n) is 5.17. The number of nitrogens with zero attached hydrogens (tertiary/aromatic N) is 1. The lowest BCUT2D eigenvalue weighted by Crippen LogP contribution is -2.21. The Bertz CT molecular complexity index is 750. The van der Waals surface area contributed by atoms with E-state index in [0.717, 1.165) is 15.6 Å². The minimum absolute atomic E-state index is 0.166. The van der Waals surface area contributed by atoms with Crippen molar-refractivity contribution in [3.8, 4) is 5.75 Å². The van der Waals surface area contributed by atoms with Crippen LogP contribution in [-0.2, 0) is 17.8 Å². The molecule has 0 bridgehead atoms. The van der Waals surface area contributed by atoms with Gasteiger partial charge in [0.05, 0.1) is 5.02 Å². The van der Waals surface area contributed by atoms with Crippen molar-refractivity contribution >= 4 is 33.4 Å². The molecule has 0 aliphatic carbocycles. The van der Waals surface area contributed by atoms with Crippen molar-refractivity contribution in [1.82, 2.24) is 10.3 Å². The smallest absolute Gasteiger partial charge is 0.244 e. The zero-order valence-corrected chi connectivity index (χ0v) is 14.5. The first-order valence-electron chi connectivity index (χ1n) is 7.11. The summed E-state index contributed by atoms with van der Waals surface area (Å²) in [5.41, 5.74) is 1.99. The Morgan fingerprint density at radius 1 is 1.52 bits per heavy atom. The van der Waals surface area contributed by atoms with E-state index in [0.29, 0.717) is 23.7 Å². The Hall–Kier alpha value is -1.85. The molecule has 2 heterocycles. The molecule has 0 fully saturated rings. The van der Waals surface area contributed by atoms with Gasteiger partial charge in [-0.3, -0.25) is 9.78 Å². The predicted octanol–water partition coefficient (Wildman–Crippen LogP) is 3.67. The van der Waals surface area contributed by atoms with E-state index in [1.807, 2.05) is 18.2 Å². The van der Waals surface area contributed by atoms with Crippen molar-refractivity contribution in [2.75, 3.05) is 0 Å². The first-order chi connectivity index (χ1) is 11.1. The van der Waals surface area contributed by atoms with Crippen LogP contribution in [0.3, 0.4) is 0 Å². The van der Waals surface area contributed by atoms with Gasteiger partial charge in [-0.15, -0.1) is 0 Å². The Kier molecular flexibility index (Phi) is 4.98. The van der Waals surface area contributed by atoms with Crippen LogP contribution in [0.5, 0.6) is 5.75 Å². The molecule has 0 saturated carbocycles. The van der Waals surface area contributed by atoms with E-state index in [9.17, 15) is 4.79 Å². The van der Waals surface area contributed by atoms with Crippen LogP contribution in [0.25, 0.3) is 0 Å². The maximum absolute atomic E-state index is 11.9. The van der Waals surface area contributed by atoms with Crippen LogP contribution in [0, 0.1) is 0 Å². The summed E-state index contributed by atoms with van der Waals surface area (Å²) in [4.78, 5) is 15.9. The number of halogens is 2. The summed E-state index contributed by atoms with van der Waals surface area (Å²) in [6, 6.07) is 7.53. The molecule has 1 unspecified atom stereocenters. The standard InChI is InChI=1S/C17H14BrClN2O2/c18-13-6-12-7-14(23-17(12)15(19)8-13)3-4-16(22)21-10-11-2-1-5-20-9-11/h1-6,8-9,14H,7,10H2,(H,21,22). The third-order valence-corrected chi connectivity index (χ3v) is 4.17. The van der Waals surface area contributed by atoms with Crippen molar-refractivity contribution in [2.24, 2.45) is 0 Å². The summed E-state index contributed by atoms with van der Waals surface area (Å²) in [7, 11) is 0. The van der Waals surface area contributed by atoms with Gasteiger partial charge < -0.3 is 10.1 Å². The fourth-order valence-electron chi connectivity index (χ4n) is 2.36. The van der Waals surface area contributed by atoms with Gasteiger partial charge in [-0.25, -0.2) is 0 Å². The highest BCUT2D eigenvalue weighted by Gasteiger charge is 2.23. The molecule has 4 nitrogen and oxygen atoms in total. The monoisotopic (exact) mass is 392 g/mol. The van der Waals surface area contributed by atoms with Gasteiger partial charge >= 0.3 is 0 Å². The zero-order valence-electron chi connectivity index (χ0n) is 12.1. The number of pyridine rings is 1. The molecule has 0 saturated heterocycles. The van der Waals surface area contributed by atoms with E-state index < -0.39 is 0 Å². The molecule has 1 N–H and O–H groups in total. The number of ether oxygens (including phenoxy) is 1. The number of carbonyl (C=O) groups excluding carboxylic acids is 1. The first-order valence-corrected chi connectivity index (χ1v) is 8.28. The average Bonchev–Trinajstić information content (AvgIpc) is 2.95. The van der Waals surface area contributed by atoms with Gasteiger partial charge in [0.25, 0.3) is 0 Å². The number of carbonyl (C=O) groups is 1. The Labute approximate surface area is 147 Å². The van der Waals surface area contributed by atoms with Crippen LogP contribution in [0.2, 0.25) is 5.02 Å². The van der Waals surface area contributed by atoms with E-state index in [1.165, 1.54) is 6.08 Å². The third kappa shape index (κ3) is 4.12. The van der Waals surface area contributed by atoms with E-state index in [4.69, 9.17) is 16.3 Å². The largest absolute Gasteiger partial charge is 0.484 e. The molecular formula is C17H14BrClN2O2. The molecule has 6 heteroatoms. The fourth-order valence-corrected chi connectivity index (χ4v) is 3.28. The number of aromatic nitrogens is 1. The molecule has 0 spiro atoms. The number of rotatable bonds is 4. The number of benzene rings is 1. The van der Waals surface area contributed by atoms with Gasteiger partial charge in [-0.1, -0.05) is 33.6 Å². The van der Waals surface area contributed by atoms with Crippen LogP contribution in [0.1, 0.15) is 11.1 Å². The summed E-state index contributed by atoms with van der Waals surface area (Å²) in [6.07, 6.45) is 7.19. The van der Waals surface area contributed by atoms with Crippen molar-refractivity contribution in [3.05, 3.63) is 69.4 Å². The van der Waals surface area contributed by atoms with Crippen molar-refractivity contribution in [3.63, 3.8) is 0 Å². The number of fused-ring (bicyclic) bond motifs is 1. The minimum Gasteiger partial charge on any atom is -0.484 e. The van der Waals surface area contributed by atoms with Crippen LogP contribution >= 0.6 is 27.5 Å². The molecule has 1 amide bonds. The molecular weight excluding hydrogens is 380 g/mol. The lowest BCUT2D eigenvalue weighted by molar-refractivity contribution is -0.116. The van der Waals surface area contributed by atoms with E-state index in [-0.39, 0.29) is 12.0 Å².